The SMILES string of the molecule is C[C@@]1(NC(=O)CCO)C[C@@H](c2ccc(Cl)cc2)O[C@@H](c2cc(-c3ccccc3)ccc2OCC(=O)O)C1. The van der Waals surface area contributed by atoms with Gasteiger partial charge >= 0.3 is 5.97 Å². The van der Waals surface area contributed by atoms with Gasteiger partial charge in [0.2, 0.25) is 5.91 Å². The van der Waals surface area contributed by atoms with E-state index in [-0.39, 0.29) is 25.0 Å². The van der Waals surface area contributed by atoms with Crippen LogP contribution >= 0.6 is 11.6 Å². The monoisotopic (exact) mass is 523 g/mol. The molecule has 37 heavy (non-hydrogen) atoms. The number of aliphatic hydroxyl groups is 1. The molecule has 3 N–H and O–H groups in total. The average Bonchev–Trinajstić information content (AvgIpc) is 2.87. The summed E-state index contributed by atoms with van der Waals surface area (Å²) in [5.41, 5.74) is 2.87. The van der Waals surface area contributed by atoms with Crippen molar-refractivity contribution >= 4 is 23.5 Å². The molecule has 3 aromatic rings. The first-order valence-corrected chi connectivity index (χ1v) is 12.5. The van der Waals surface area contributed by atoms with Crippen LogP contribution in [-0.2, 0) is 14.3 Å². The number of benzene rings is 3. The third kappa shape index (κ3) is 6.89. The maximum Gasteiger partial charge on any atom is 0.341 e. The molecular weight excluding hydrogens is 494 g/mol. The number of aliphatic carboxylic acids is 1. The molecule has 0 aliphatic carbocycles. The van der Waals surface area contributed by atoms with Crippen LogP contribution in [0, 0.1) is 0 Å². The number of carbonyl (C=O) groups is 2. The lowest BCUT2D eigenvalue weighted by Crippen LogP contribution is -2.51. The van der Waals surface area contributed by atoms with Gasteiger partial charge in [-0.3, -0.25) is 4.79 Å². The van der Waals surface area contributed by atoms with Crippen LogP contribution < -0.4 is 10.1 Å². The first-order chi connectivity index (χ1) is 17.8. The van der Waals surface area contributed by atoms with Crippen molar-refractivity contribution in [1.82, 2.24) is 5.32 Å². The Hall–Kier alpha value is -3.39. The minimum Gasteiger partial charge on any atom is -0.482 e. The zero-order chi connectivity index (χ0) is 26.4. The molecule has 1 aliphatic heterocycles. The summed E-state index contributed by atoms with van der Waals surface area (Å²) < 4.78 is 12.3. The molecule has 194 valence electrons. The third-order valence-corrected chi connectivity index (χ3v) is 6.69. The van der Waals surface area contributed by atoms with Gasteiger partial charge in [0.15, 0.2) is 6.61 Å². The molecule has 0 bridgehead atoms. The average molecular weight is 524 g/mol. The van der Waals surface area contributed by atoms with Crippen LogP contribution in [0.5, 0.6) is 5.75 Å². The highest BCUT2D eigenvalue weighted by Crippen LogP contribution is 2.46. The predicted molar refractivity (Wildman–Crippen MR) is 141 cm³/mol. The summed E-state index contributed by atoms with van der Waals surface area (Å²) in [7, 11) is 0. The lowest BCUT2D eigenvalue weighted by Gasteiger charge is -2.43. The molecule has 0 spiro atoms. The zero-order valence-corrected chi connectivity index (χ0v) is 21.3. The number of hydrogen-bond donors (Lipinski definition) is 3. The van der Waals surface area contributed by atoms with E-state index in [2.05, 4.69) is 5.32 Å². The van der Waals surface area contributed by atoms with E-state index in [1.165, 1.54) is 0 Å². The van der Waals surface area contributed by atoms with Crippen LogP contribution in [0.25, 0.3) is 11.1 Å². The highest BCUT2D eigenvalue weighted by molar-refractivity contribution is 6.30. The second-order valence-corrected chi connectivity index (χ2v) is 9.89. The van der Waals surface area contributed by atoms with Crippen LogP contribution in [0.15, 0.2) is 72.8 Å². The van der Waals surface area contributed by atoms with Gasteiger partial charge in [0.05, 0.1) is 18.8 Å². The van der Waals surface area contributed by atoms with Crippen molar-refractivity contribution in [3.05, 3.63) is 88.9 Å². The lowest BCUT2D eigenvalue weighted by atomic mass is 9.80. The summed E-state index contributed by atoms with van der Waals surface area (Å²) >= 11 is 6.11. The minimum absolute atomic E-state index is 0.00317. The lowest BCUT2D eigenvalue weighted by molar-refractivity contribution is -0.139. The van der Waals surface area contributed by atoms with Crippen LogP contribution in [0.2, 0.25) is 5.02 Å². The Kier molecular flexibility index (Phi) is 8.48. The van der Waals surface area contributed by atoms with Gasteiger partial charge in [-0.25, -0.2) is 4.79 Å². The number of hydrogen-bond acceptors (Lipinski definition) is 5. The van der Waals surface area contributed by atoms with Gasteiger partial charge in [-0.1, -0.05) is 60.1 Å². The molecule has 0 unspecified atom stereocenters. The van der Waals surface area contributed by atoms with Gasteiger partial charge in [0.1, 0.15) is 5.75 Å². The number of nitrogens with one attached hydrogen (secondary N) is 1. The van der Waals surface area contributed by atoms with E-state index in [0.29, 0.717) is 29.2 Å². The first-order valence-electron chi connectivity index (χ1n) is 12.1. The van der Waals surface area contributed by atoms with Gasteiger partial charge < -0.3 is 25.0 Å². The van der Waals surface area contributed by atoms with Crippen LogP contribution in [0.4, 0.5) is 0 Å². The summed E-state index contributed by atoms with van der Waals surface area (Å²) in [4.78, 5) is 23.8. The van der Waals surface area contributed by atoms with E-state index >= 15 is 0 Å². The zero-order valence-electron chi connectivity index (χ0n) is 20.5. The maximum absolute atomic E-state index is 12.5. The Morgan fingerprint density at radius 2 is 1.73 bits per heavy atom. The van der Waals surface area contributed by atoms with Gasteiger partial charge in [0, 0.05) is 35.4 Å². The maximum atomic E-state index is 12.5. The van der Waals surface area contributed by atoms with Crippen molar-refractivity contribution in [2.75, 3.05) is 13.2 Å². The highest BCUT2D eigenvalue weighted by atomic mass is 35.5. The summed E-state index contributed by atoms with van der Waals surface area (Å²) in [6, 6.07) is 22.8. The molecule has 1 amide bonds. The number of halogens is 1. The summed E-state index contributed by atoms with van der Waals surface area (Å²) in [6.45, 7) is 1.23. The standard InChI is InChI=1S/C29H30ClNO6/c1-29(31-27(33)13-14-32)16-25(20-7-10-22(30)11-8-20)37-26(17-29)23-15-21(19-5-3-2-4-6-19)9-12-24(23)36-18-28(34)35/h2-12,15,25-26,32H,13-14,16-18H2,1H3,(H,31,33)(H,34,35)/t25-,26+,29+/m0/s1. The van der Waals surface area contributed by atoms with Crippen molar-refractivity contribution in [1.29, 1.82) is 0 Å². The summed E-state index contributed by atoms with van der Waals surface area (Å²) in [6.07, 6.45) is 0.0509. The van der Waals surface area contributed by atoms with Crippen molar-refractivity contribution in [2.45, 2.75) is 43.9 Å². The smallest absolute Gasteiger partial charge is 0.341 e. The molecule has 1 heterocycles. The van der Waals surface area contributed by atoms with Crippen LogP contribution in [0.1, 0.15) is 49.5 Å². The first kappa shape index (κ1) is 26.7. The fraction of sp³-hybridized carbons (Fsp3) is 0.310. The molecule has 3 atom stereocenters. The van der Waals surface area contributed by atoms with E-state index in [0.717, 1.165) is 16.7 Å². The second-order valence-electron chi connectivity index (χ2n) is 9.46. The molecule has 1 aliphatic rings. The number of ether oxygens (including phenoxy) is 2. The molecule has 1 saturated heterocycles. The molecular formula is C29H30ClNO6. The Bertz CT molecular complexity index is 1230. The van der Waals surface area contributed by atoms with Crippen LogP contribution in [-0.4, -0.2) is 40.8 Å². The van der Waals surface area contributed by atoms with E-state index in [4.69, 9.17) is 21.1 Å². The molecule has 0 saturated carbocycles. The highest BCUT2D eigenvalue weighted by Gasteiger charge is 2.41. The molecule has 7 nitrogen and oxygen atoms in total. The van der Waals surface area contributed by atoms with Crippen molar-refractivity contribution in [2.24, 2.45) is 0 Å². The summed E-state index contributed by atoms with van der Waals surface area (Å²) in [5, 5.41) is 22.2. The minimum atomic E-state index is -1.08. The molecule has 0 radical (unpaired) electrons. The fourth-order valence-corrected chi connectivity index (χ4v) is 4.86. The molecule has 1 fully saturated rings. The van der Waals surface area contributed by atoms with Gasteiger partial charge in [-0.15, -0.1) is 0 Å². The number of aliphatic hydroxyl groups excluding tert-OH is 1. The third-order valence-electron chi connectivity index (χ3n) is 6.44. The quantitative estimate of drug-likeness (QED) is 0.350. The number of carbonyl (C=O) groups excluding carboxylic acids is 1. The van der Waals surface area contributed by atoms with Crippen molar-refractivity contribution < 1.29 is 29.3 Å². The Morgan fingerprint density at radius 3 is 2.41 bits per heavy atom. The van der Waals surface area contributed by atoms with Crippen LogP contribution in [0.3, 0.4) is 0 Å². The van der Waals surface area contributed by atoms with E-state index in [1.54, 1.807) is 18.2 Å². The molecule has 0 aromatic heterocycles. The van der Waals surface area contributed by atoms with E-state index in [1.807, 2.05) is 61.5 Å². The largest absolute Gasteiger partial charge is 0.482 e. The summed E-state index contributed by atoms with van der Waals surface area (Å²) in [5.74, 6) is -0.920. The van der Waals surface area contributed by atoms with Gasteiger partial charge in [0.25, 0.3) is 0 Å². The van der Waals surface area contributed by atoms with Gasteiger partial charge in [-0.2, -0.15) is 0 Å². The predicted octanol–water partition coefficient (Wildman–Crippen LogP) is 5.32. The van der Waals surface area contributed by atoms with Crippen molar-refractivity contribution in [3.8, 4) is 16.9 Å². The van der Waals surface area contributed by atoms with Crippen molar-refractivity contribution in [3.63, 3.8) is 0 Å². The van der Waals surface area contributed by atoms with E-state index in [9.17, 15) is 19.8 Å². The Labute approximate surface area is 221 Å². The van der Waals surface area contributed by atoms with E-state index < -0.39 is 24.2 Å². The second kappa shape index (κ2) is 11.8. The van der Waals surface area contributed by atoms with Gasteiger partial charge in [-0.05, 0) is 47.9 Å². The molecule has 4 rings (SSSR count). The Morgan fingerprint density at radius 1 is 1.03 bits per heavy atom. The number of amides is 1. The topological polar surface area (TPSA) is 105 Å². The number of rotatable bonds is 9. The fourth-order valence-electron chi connectivity index (χ4n) is 4.74. The number of carboxylic acids is 1. The molecule has 3 aromatic carbocycles. The normalized spacial score (nSPS) is 21.3. The number of carboxylic acid groups (broad SMARTS) is 1. The Balaban J connectivity index is 1.75. The molecule has 8 heteroatoms.